The molecule has 0 atom stereocenters. The average molecular weight is 337 g/mol. The Hall–Kier alpha value is -0.960. The van der Waals surface area contributed by atoms with Crippen LogP contribution in [-0.2, 0) is 15.4 Å². The number of carbonyl (C=O) groups is 1. The number of rotatable bonds is 13. The van der Waals surface area contributed by atoms with Gasteiger partial charge in [0, 0.05) is 11.8 Å². The Bertz CT molecular complexity index is 414. The third-order valence-corrected chi connectivity index (χ3v) is 4.78. The Morgan fingerprint density at radius 3 is 1.91 bits per heavy atom. The molecule has 130 valence electrons. The summed E-state index contributed by atoms with van der Waals surface area (Å²) in [5.74, 6) is -0.260. The van der Waals surface area contributed by atoms with Crippen LogP contribution in [0, 0.1) is 0 Å². The minimum atomic E-state index is -0.260. The second-order valence-corrected chi connectivity index (χ2v) is 7.04. The molecule has 1 aromatic rings. The van der Waals surface area contributed by atoms with Gasteiger partial charge in [-0.1, -0.05) is 76.8 Å². The lowest BCUT2D eigenvalue weighted by Crippen LogP contribution is -1.90. The highest BCUT2D eigenvalue weighted by Gasteiger charge is 2.00. The zero-order valence-corrected chi connectivity index (χ0v) is 15.6. The van der Waals surface area contributed by atoms with Gasteiger partial charge >= 0.3 is 5.97 Å². The van der Waals surface area contributed by atoms with Crippen LogP contribution in [0.1, 0.15) is 83.6 Å². The Morgan fingerprint density at radius 1 is 0.870 bits per heavy atom. The number of aryl methyl sites for hydroxylation is 1. The lowest BCUT2D eigenvalue weighted by atomic mass is 10.0. The topological polar surface area (TPSA) is 26.3 Å². The highest BCUT2D eigenvalue weighted by Crippen LogP contribution is 2.20. The van der Waals surface area contributed by atoms with Crippen LogP contribution in [-0.4, -0.2) is 5.97 Å². The Morgan fingerprint density at radius 2 is 1.39 bits per heavy atom. The maximum atomic E-state index is 10.8. The molecule has 0 heterocycles. The third kappa shape index (κ3) is 11.2. The molecule has 2 nitrogen and oxygen atoms in total. The van der Waals surface area contributed by atoms with Crippen LogP contribution in [0.5, 0.6) is 0 Å². The van der Waals surface area contributed by atoms with Crippen molar-refractivity contribution in [2.24, 2.45) is 0 Å². The molecule has 3 heteroatoms. The van der Waals surface area contributed by atoms with Gasteiger partial charge in [0.15, 0.2) is 0 Å². The lowest BCUT2D eigenvalue weighted by molar-refractivity contribution is -0.130. The van der Waals surface area contributed by atoms with E-state index in [9.17, 15) is 4.79 Å². The van der Waals surface area contributed by atoms with Gasteiger partial charge in [0.25, 0.3) is 0 Å². The first-order valence-electron chi connectivity index (χ1n) is 9.16. The summed E-state index contributed by atoms with van der Waals surface area (Å²) in [4.78, 5) is 11.7. The van der Waals surface area contributed by atoms with Crippen molar-refractivity contribution in [2.45, 2.75) is 89.4 Å². The second-order valence-electron chi connectivity index (χ2n) is 6.23. The predicted molar refractivity (Wildman–Crippen MR) is 99.6 cm³/mol. The quantitative estimate of drug-likeness (QED) is 0.295. The normalized spacial score (nSPS) is 10.7. The van der Waals surface area contributed by atoms with Gasteiger partial charge in [-0.3, -0.25) is 4.79 Å². The van der Waals surface area contributed by atoms with Crippen molar-refractivity contribution in [3.8, 4) is 0 Å². The Balaban J connectivity index is 2.00. The van der Waals surface area contributed by atoms with Gasteiger partial charge in [0.05, 0.1) is 12.0 Å². The summed E-state index contributed by atoms with van der Waals surface area (Å²) in [6.07, 6.45) is 14.9. The van der Waals surface area contributed by atoms with E-state index in [1.54, 1.807) is 0 Å². The summed E-state index contributed by atoms with van der Waals surface area (Å²) in [6, 6.07) is 8.33. The van der Waals surface area contributed by atoms with E-state index in [1.165, 1.54) is 76.7 Å². The summed E-state index contributed by atoms with van der Waals surface area (Å²) >= 11 is 1.13. The molecule has 0 fully saturated rings. The van der Waals surface area contributed by atoms with Crippen molar-refractivity contribution >= 4 is 18.0 Å². The Labute approximate surface area is 146 Å². The summed E-state index contributed by atoms with van der Waals surface area (Å²) in [5, 5.41) is 0. The molecule has 0 aliphatic rings. The molecule has 0 unspecified atom stereocenters. The largest absolute Gasteiger partial charge is 0.386 e. The fraction of sp³-hybridized carbons (Fsp3) is 0.650. The smallest absolute Gasteiger partial charge is 0.315 e. The number of hydrogen-bond donors (Lipinski definition) is 0. The number of benzene rings is 1. The first kappa shape index (κ1) is 20.1. The maximum Gasteiger partial charge on any atom is 0.315 e. The molecule has 1 aromatic carbocycles. The van der Waals surface area contributed by atoms with E-state index in [4.69, 9.17) is 4.18 Å². The van der Waals surface area contributed by atoms with Gasteiger partial charge < -0.3 is 4.18 Å². The first-order valence-corrected chi connectivity index (χ1v) is 9.90. The molecule has 0 N–H and O–H groups in total. The molecule has 23 heavy (non-hydrogen) atoms. The Kier molecular flexibility index (Phi) is 11.8. The van der Waals surface area contributed by atoms with E-state index in [-0.39, 0.29) is 5.97 Å². The molecule has 0 aliphatic carbocycles. The van der Waals surface area contributed by atoms with Gasteiger partial charge in [0.2, 0.25) is 0 Å². The van der Waals surface area contributed by atoms with Crippen LogP contribution in [0.15, 0.2) is 29.2 Å². The fourth-order valence-corrected chi connectivity index (χ4v) is 3.10. The standard InChI is InChI=1S/C20H32O2S/c1-3-4-5-6-7-8-9-10-11-12-13-19-14-16-20(17-15-19)23-22-18(2)21/h14-17H,3-13H2,1-2H3. The van der Waals surface area contributed by atoms with E-state index >= 15 is 0 Å². The highest BCUT2D eigenvalue weighted by atomic mass is 32.2. The van der Waals surface area contributed by atoms with E-state index in [2.05, 4.69) is 19.1 Å². The zero-order chi connectivity index (χ0) is 16.8. The van der Waals surface area contributed by atoms with Crippen LogP contribution in [0.25, 0.3) is 0 Å². The highest BCUT2D eigenvalue weighted by molar-refractivity contribution is 7.95. The molecule has 0 aromatic heterocycles. The SMILES string of the molecule is CCCCCCCCCCCCc1ccc(SOC(C)=O)cc1. The molecule has 0 bridgehead atoms. The monoisotopic (exact) mass is 336 g/mol. The summed E-state index contributed by atoms with van der Waals surface area (Å²) in [5.41, 5.74) is 1.37. The van der Waals surface area contributed by atoms with Crippen molar-refractivity contribution in [1.82, 2.24) is 0 Å². The average Bonchev–Trinajstić information content (AvgIpc) is 2.55. The van der Waals surface area contributed by atoms with Gasteiger partial charge in [-0.15, -0.1) is 0 Å². The predicted octanol–water partition coefficient (Wildman–Crippen LogP) is 6.72. The van der Waals surface area contributed by atoms with Crippen molar-refractivity contribution in [1.29, 1.82) is 0 Å². The van der Waals surface area contributed by atoms with Gasteiger partial charge in [0.1, 0.15) is 0 Å². The van der Waals surface area contributed by atoms with E-state index in [1.807, 2.05) is 12.1 Å². The van der Waals surface area contributed by atoms with Crippen molar-refractivity contribution in [3.05, 3.63) is 29.8 Å². The van der Waals surface area contributed by atoms with Gasteiger partial charge in [-0.05, 0) is 30.5 Å². The second kappa shape index (κ2) is 13.5. The van der Waals surface area contributed by atoms with Crippen LogP contribution >= 0.6 is 12.0 Å². The molecule has 1 rings (SSSR count). The van der Waals surface area contributed by atoms with Crippen molar-refractivity contribution in [3.63, 3.8) is 0 Å². The maximum absolute atomic E-state index is 10.8. The first-order chi connectivity index (χ1) is 11.2. The molecule has 0 saturated heterocycles. The van der Waals surface area contributed by atoms with Crippen LogP contribution in [0.2, 0.25) is 0 Å². The minimum absolute atomic E-state index is 0.260. The van der Waals surface area contributed by atoms with E-state index < -0.39 is 0 Å². The molecular formula is C20H32O2S. The fourth-order valence-electron chi connectivity index (χ4n) is 2.64. The molecule has 0 radical (unpaired) electrons. The van der Waals surface area contributed by atoms with Crippen LogP contribution in [0.3, 0.4) is 0 Å². The van der Waals surface area contributed by atoms with E-state index in [0.29, 0.717) is 0 Å². The van der Waals surface area contributed by atoms with Crippen molar-refractivity contribution in [2.75, 3.05) is 0 Å². The molecular weight excluding hydrogens is 304 g/mol. The van der Waals surface area contributed by atoms with Gasteiger partial charge in [-0.2, -0.15) is 0 Å². The lowest BCUT2D eigenvalue weighted by Gasteiger charge is -2.04. The minimum Gasteiger partial charge on any atom is -0.386 e. The number of carbonyl (C=O) groups excluding carboxylic acids is 1. The van der Waals surface area contributed by atoms with Crippen LogP contribution < -0.4 is 0 Å². The van der Waals surface area contributed by atoms with Crippen molar-refractivity contribution < 1.29 is 8.98 Å². The zero-order valence-electron chi connectivity index (χ0n) is 14.8. The third-order valence-electron chi connectivity index (χ3n) is 4.00. The summed E-state index contributed by atoms with van der Waals surface area (Å²) < 4.78 is 4.91. The molecule has 0 saturated carbocycles. The molecule has 0 spiro atoms. The van der Waals surface area contributed by atoms with E-state index in [0.717, 1.165) is 23.4 Å². The summed E-state index contributed by atoms with van der Waals surface area (Å²) in [7, 11) is 0. The summed E-state index contributed by atoms with van der Waals surface area (Å²) in [6.45, 7) is 3.69. The number of hydrogen-bond acceptors (Lipinski definition) is 3. The molecule has 0 aliphatic heterocycles. The number of unbranched alkanes of at least 4 members (excludes halogenated alkanes) is 9. The van der Waals surface area contributed by atoms with Gasteiger partial charge in [-0.25, -0.2) is 0 Å². The van der Waals surface area contributed by atoms with Crippen LogP contribution in [0.4, 0.5) is 0 Å². The molecule has 0 amide bonds.